The van der Waals surface area contributed by atoms with E-state index in [1.165, 1.54) is 24.3 Å². The number of anilines is 1. The smallest absolute Gasteiger partial charge is 0.334 e. The highest BCUT2D eigenvalue weighted by Crippen LogP contribution is 2.22. The molecule has 1 amide bonds. The number of nitrogens with one attached hydrogen (secondary N) is 2. The average molecular weight is 268 g/mol. The van der Waals surface area contributed by atoms with Gasteiger partial charge >= 0.3 is 10.2 Å². The van der Waals surface area contributed by atoms with Crippen molar-refractivity contribution in [1.82, 2.24) is 4.98 Å². The van der Waals surface area contributed by atoms with Crippen molar-refractivity contribution in [3.63, 3.8) is 0 Å². The molecule has 0 saturated heterocycles. The number of rotatable bonds is 3. The van der Waals surface area contributed by atoms with Gasteiger partial charge in [0, 0.05) is 6.20 Å². The summed E-state index contributed by atoms with van der Waals surface area (Å²) < 4.78 is 34.8. The molecule has 0 unspecified atom stereocenters. The number of aromatic nitrogens is 1. The van der Waals surface area contributed by atoms with E-state index in [9.17, 15) is 17.1 Å². The lowest BCUT2D eigenvalue weighted by Gasteiger charge is -2.07. The van der Waals surface area contributed by atoms with Gasteiger partial charge in [0.1, 0.15) is 10.6 Å². The number of halogens is 1. The van der Waals surface area contributed by atoms with Gasteiger partial charge in [-0.2, -0.15) is 8.42 Å². The lowest BCUT2D eigenvalue weighted by molar-refractivity contribution is 0.102. The highest BCUT2D eigenvalue weighted by atomic mass is 32.3. The summed E-state index contributed by atoms with van der Waals surface area (Å²) in [5.74, 6) is -0.545. The van der Waals surface area contributed by atoms with Crippen LogP contribution in [0.3, 0.4) is 0 Å². The van der Waals surface area contributed by atoms with Crippen LogP contribution in [0.25, 0.3) is 0 Å². The second-order valence-electron chi connectivity index (χ2n) is 3.47. The maximum atomic E-state index is 13.0. The minimum atomic E-state index is -4.87. The van der Waals surface area contributed by atoms with E-state index in [1.807, 2.05) is 0 Å². The number of para-hydroxylation sites is 1. The largest absolute Gasteiger partial charge is 0.357 e. The fourth-order valence-corrected chi connectivity index (χ4v) is 2.07. The molecule has 7 heteroatoms. The van der Waals surface area contributed by atoms with Crippen molar-refractivity contribution in [3.8, 4) is 0 Å². The number of benzene rings is 1. The summed E-state index contributed by atoms with van der Waals surface area (Å²) in [6.45, 7) is 0. The first kappa shape index (κ1) is 12.3. The van der Waals surface area contributed by atoms with E-state index >= 15 is 0 Å². The third-order valence-corrected chi connectivity index (χ3v) is 3.12. The summed E-state index contributed by atoms with van der Waals surface area (Å²) in [4.78, 5) is 13.8. The van der Waals surface area contributed by atoms with Gasteiger partial charge in [-0.05, 0) is 24.3 Å². The van der Waals surface area contributed by atoms with Gasteiger partial charge < -0.3 is 10.3 Å². The van der Waals surface area contributed by atoms with Crippen LogP contribution in [-0.4, -0.2) is 19.3 Å². The van der Waals surface area contributed by atoms with Crippen LogP contribution < -0.4 is 5.32 Å². The van der Waals surface area contributed by atoms with Crippen molar-refractivity contribution >= 4 is 21.8 Å². The molecule has 0 aliphatic rings. The van der Waals surface area contributed by atoms with E-state index in [0.29, 0.717) is 0 Å². The number of hydrogen-bond donors (Lipinski definition) is 2. The first-order chi connectivity index (χ1) is 8.48. The SMILES string of the molecule is O=C(Nc1ccccc1S(=O)(=O)F)c1ccc[nH]1. The van der Waals surface area contributed by atoms with Crippen molar-refractivity contribution in [2.75, 3.05) is 5.32 Å². The second kappa shape index (κ2) is 4.61. The summed E-state index contributed by atoms with van der Waals surface area (Å²) >= 11 is 0. The number of hydrogen-bond acceptors (Lipinski definition) is 3. The van der Waals surface area contributed by atoms with E-state index in [2.05, 4.69) is 10.3 Å². The molecule has 0 atom stereocenters. The molecule has 1 heterocycles. The molecule has 1 aromatic heterocycles. The normalized spacial score (nSPS) is 11.2. The van der Waals surface area contributed by atoms with E-state index < -0.39 is 21.0 Å². The number of carbonyl (C=O) groups is 1. The van der Waals surface area contributed by atoms with E-state index in [4.69, 9.17) is 0 Å². The first-order valence-electron chi connectivity index (χ1n) is 4.97. The predicted molar refractivity (Wildman–Crippen MR) is 63.5 cm³/mol. The number of H-pyrrole nitrogens is 1. The van der Waals surface area contributed by atoms with Gasteiger partial charge in [-0.1, -0.05) is 12.1 Å². The molecule has 0 saturated carbocycles. The van der Waals surface area contributed by atoms with Gasteiger partial charge in [0.15, 0.2) is 0 Å². The highest BCUT2D eigenvalue weighted by Gasteiger charge is 2.18. The fraction of sp³-hybridized carbons (Fsp3) is 0. The van der Waals surface area contributed by atoms with Crippen LogP contribution in [0.15, 0.2) is 47.5 Å². The molecule has 5 nitrogen and oxygen atoms in total. The minimum Gasteiger partial charge on any atom is -0.357 e. The van der Waals surface area contributed by atoms with Crippen LogP contribution in [0, 0.1) is 0 Å². The van der Waals surface area contributed by atoms with E-state index in [1.54, 1.807) is 12.3 Å². The van der Waals surface area contributed by atoms with Gasteiger partial charge in [0.2, 0.25) is 0 Å². The zero-order valence-corrected chi connectivity index (χ0v) is 9.87. The molecule has 2 N–H and O–H groups in total. The predicted octanol–water partition coefficient (Wildman–Crippen LogP) is 1.93. The van der Waals surface area contributed by atoms with Gasteiger partial charge in [0.05, 0.1) is 5.69 Å². The quantitative estimate of drug-likeness (QED) is 0.835. The molecule has 0 aliphatic heterocycles. The lowest BCUT2D eigenvalue weighted by atomic mass is 10.3. The summed E-state index contributed by atoms with van der Waals surface area (Å²) in [6.07, 6.45) is 1.55. The van der Waals surface area contributed by atoms with Crippen molar-refractivity contribution in [2.24, 2.45) is 0 Å². The third-order valence-electron chi connectivity index (χ3n) is 2.24. The van der Waals surface area contributed by atoms with E-state index in [0.717, 1.165) is 6.07 Å². The van der Waals surface area contributed by atoms with Crippen LogP contribution in [-0.2, 0) is 10.2 Å². The Morgan fingerprint density at radius 1 is 1.17 bits per heavy atom. The van der Waals surface area contributed by atoms with Gasteiger partial charge in [-0.3, -0.25) is 4.79 Å². The molecule has 0 fully saturated rings. The molecular weight excluding hydrogens is 259 g/mol. The Bertz CT molecular complexity index is 665. The zero-order chi connectivity index (χ0) is 13.2. The maximum Gasteiger partial charge on any atom is 0.334 e. The first-order valence-corrected chi connectivity index (χ1v) is 6.35. The monoisotopic (exact) mass is 268 g/mol. The third kappa shape index (κ3) is 2.57. The number of amides is 1. The number of aromatic amines is 1. The Hall–Kier alpha value is -2.15. The molecule has 2 rings (SSSR count). The fourth-order valence-electron chi connectivity index (χ4n) is 1.44. The summed E-state index contributed by atoms with van der Waals surface area (Å²) in [7, 11) is -4.87. The van der Waals surface area contributed by atoms with Crippen molar-refractivity contribution < 1.29 is 17.1 Å². The van der Waals surface area contributed by atoms with Gasteiger partial charge in [-0.15, -0.1) is 3.89 Å². The van der Waals surface area contributed by atoms with Gasteiger partial charge in [-0.25, -0.2) is 0 Å². The molecule has 0 radical (unpaired) electrons. The molecule has 1 aromatic carbocycles. The van der Waals surface area contributed by atoms with Crippen molar-refractivity contribution in [1.29, 1.82) is 0 Å². The molecule has 18 heavy (non-hydrogen) atoms. The Labute approximate surface area is 103 Å². The van der Waals surface area contributed by atoms with Crippen LogP contribution in [0.5, 0.6) is 0 Å². The van der Waals surface area contributed by atoms with Gasteiger partial charge in [0.25, 0.3) is 5.91 Å². The Morgan fingerprint density at radius 3 is 2.50 bits per heavy atom. The van der Waals surface area contributed by atoms with Crippen LogP contribution >= 0.6 is 0 Å². The second-order valence-corrected chi connectivity index (χ2v) is 4.79. The Balaban J connectivity index is 2.33. The van der Waals surface area contributed by atoms with Crippen LogP contribution in [0.4, 0.5) is 9.57 Å². The lowest BCUT2D eigenvalue weighted by Crippen LogP contribution is -2.14. The molecular formula is C11H9FN2O3S. The Kier molecular flexibility index (Phi) is 3.15. The Morgan fingerprint density at radius 2 is 1.89 bits per heavy atom. The van der Waals surface area contributed by atoms with Crippen molar-refractivity contribution in [3.05, 3.63) is 48.3 Å². The zero-order valence-electron chi connectivity index (χ0n) is 9.05. The van der Waals surface area contributed by atoms with Crippen LogP contribution in [0.2, 0.25) is 0 Å². The molecule has 0 bridgehead atoms. The highest BCUT2D eigenvalue weighted by molar-refractivity contribution is 7.86. The summed E-state index contributed by atoms with van der Waals surface area (Å²) in [5.41, 5.74) is 0.153. The molecule has 0 aliphatic carbocycles. The molecule has 0 spiro atoms. The molecule has 2 aromatic rings. The number of carbonyl (C=O) groups excluding carboxylic acids is 1. The summed E-state index contributed by atoms with van der Waals surface area (Å²) in [5, 5.41) is 2.33. The van der Waals surface area contributed by atoms with Crippen molar-refractivity contribution in [2.45, 2.75) is 4.90 Å². The van der Waals surface area contributed by atoms with Crippen LogP contribution in [0.1, 0.15) is 10.5 Å². The summed E-state index contributed by atoms with van der Waals surface area (Å²) in [6, 6.07) is 8.40. The topological polar surface area (TPSA) is 79.0 Å². The average Bonchev–Trinajstić information content (AvgIpc) is 2.81. The maximum absolute atomic E-state index is 13.0. The van der Waals surface area contributed by atoms with E-state index in [-0.39, 0.29) is 11.4 Å². The standard InChI is InChI=1S/C11H9FN2O3S/c12-18(16,17)10-6-2-1-4-8(10)14-11(15)9-5-3-7-13-9/h1-7,13H,(H,14,15). The molecule has 94 valence electrons. The minimum absolute atomic E-state index is 0.0976.